The molecule has 2 aromatic carbocycles. The van der Waals surface area contributed by atoms with E-state index in [9.17, 15) is 4.79 Å². The number of hydrazone groups is 1. The lowest BCUT2D eigenvalue weighted by Crippen LogP contribution is -2.26. The molecule has 1 amide bonds. The van der Waals surface area contributed by atoms with Gasteiger partial charge in [0.05, 0.1) is 17.8 Å². The number of carbonyl (C=O) groups is 1. The van der Waals surface area contributed by atoms with Crippen LogP contribution in [0.25, 0.3) is 0 Å². The van der Waals surface area contributed by atoms with Gasteiger partial charge in [-0.1, -0.05) is 30.1 Å². The largest absolute Gasteiger partial charge is 0.497 e. The third kappa shape index (κ3) is 5.66. The summed E-state index contributed by atoms with van der Waals surface area (Å²) in [5.41, 5.74) is 4.14. The maximum Gasteiger partial charge on any atom is 0.277 e. The van der Waals surface area contributed by atoms with Crippen LogP contribution < -0.4 is 14.9 Å². The average Bonchev–Trinajstić information content (AvgIpc) is 2.62. The Morgan fingerprint density at radius 2 is 1.88 bits per heavy atom. The SMILES string of the molecule is CCC(=NNC(=O)COc1ccc(Cl)cc1Cl)c1ccc(OC)cc1. The third-order valence-electron chi connectivity index (χ3n) is 3.33. The van der Waals surface area contributed by atoms with E-state index in [-0.39, 0.29) is 12.5 Å². The van der Waals surface area contributed by atoms with E-state index in [2.05, 4.69) is 10.5 Å². The molecular weight excluding hydrogens is 363 g/mol. The molecule has 0 saturated carbocycles. The van der Waals surface area contributed by atoms with E-state index in [4.69, 9.17) is 32.7 Å². The van der Waals surface area contributed by atoms with Crippen LogP contribution in [0.15, 0.2) is 47.6 Å². The number of ether oxygens (including phenoxy) is 2. The van der Waals surface area contributed by atoms with Crippen LogP contribution in [0, 0.1) is 0 Å². The number of benzene rings is 2. The van der Waals surface area contributed by atoms with Crippen molar-refractivity contribution in [2.45, 2.75) is 13.3 Å². The fourth-order valence-corrected chi connectivity index (χ4v) is 2.49. The highest BCUT2D eigenvalue weighted by molar-refractivity contribution is 6.35. The van der Waals surface area contributed by atoms with Crippen molar-refractivity contribution in [3.63, 3.8) is 0 Å². The van der Waals surface area contributed by atoms with E-state index in [0.717, 1.165) is 17.0 Å². The summed E-state index contributed by atoms with van der Waals surface area (Å²) in [7, 11) is 1.61. The lowest BCUT2D eigenvalue weighted by molar-refractivity contribution is -0.123. The van der Waals surface area contributed by atoms with Crippen LogP contribution in [-0.2, 0) is 4.79 Å². The van der Waals surface area contributed by atoms with Gasteiger partial charge in [-0.3, -0.25) is 4.79 Å². The summed E-state index contributed by atoms with van der Waals surface area (Å²) in [5.74, 6) is 0.762. The predicted octanol–water partition coefficient (Wildman–Crippen LogP) is 4.31. The highest BCUT2D eigenvalue weighted by atomic mass is 35.5. The van der Waals surface area contributed by atoms with Crippen LogP contribution in [0.1, 0.15) is 18.9 Å². The average molecular weight is 381 g/mol. The zero-order valence-electron chi connectivity index (χ0n) is 13.9. The molecule has 0 saturated heterocycles. The summed E-state index contributed by atoms with van der Waals surface area (Å²) < 4.78 is 10.5. The first-order chi connectivity index (χ1) is 12.0. The van der Waals surface area contributed by atoms with Crippen molar-refractivity contribution >= 4 is 34.8 Å². The zero-order chi connectivity index (χ0) is 18.2. The molecule has 2 rings (SSSR count). The van der Waals surface area contributed by atoms with Gasteiger partial charge in [0.15, 0.2) is 6.61 Å². The molecule has 5 nitrogen and oxygen atoms in total. The Hall–Kier alpha value is -2.24. The van der Waals surface area contributed by atoms with Crippen LogP contribution in [0.3, 0.4) is 0 Å². The van der Waals surface area contributed by atoms with Gasteiger partial charge in [0.1, 0.15) is 11.5 Å². The fraction of sp³-hybridized carbons (Fsp3) is 0.222. The number of methoxy groups -OCH3 is 1. The third-order valence-corrected chi connectivity index (χ3v) is 3.86. The minimum atomic E-state index is -0.384. The van der Waals surface area contributed by atoms with Crippen LogP contribution in [0.4, 0.5) is 0 Å². The van der Waals surface area contributed by atoms with Crippen molar-refractivity contribution in [2.75, 3.05) is 13.7 Å². The van der Waals surface area contributed by atoms with Crippen molar-refractivity contribution < 1.29 is 14.3 Å². The Labute approximate surface area is 156 Å². The Bertz CT molecular complexity index is 761. The molecule has 0 spiro atoms. The van der Waals surface area contributed by atoms with Gasteiger partial charge < -0.3 is 9.47 Å². The minimum Gasteiger partial charge on any atom is -0.497 e. The van der Waals surface area contributed by atoms with Crippen molar-refractivity contribution in [1.29, 1.82) is 0 Å². The Morgan fingerprint density at radius 3 is 2.48 bits per heavy atom. The number of rotatable bonds is 7. The molecule has 2 aromatic rings. The number of carbonyl (C=O) groups excluding carboxylic acids is 1. The van der Waals surface area contributed by atoms with Crippen molar-refractivity contribution in [3.05, 3.63) is 58.1 Å². The summed E-state index contributed by atoms with van der Waals surface area (Å²) in [6, 6.07) is 12.2. The van der Waals surface area contributed by atoms with Gasteiger partial charge >= 0.3 is 0 Å². The molecule has 0 fully saturated rings. The van der Waals surface area contributed by atoms with Crippen molar-refractivity contribution in [2.24, 2.45) is 5.10 Å². The van der Waals surface area contributed by atoms with E-state index in [1.165, 1.54) is 0 Å². The molecular formula is C18H18Cl2N2O3. The summed E-state index contributed by atoms with van der Waals surface area (Å²) >= 11 is 11.8. The van der Waals surface area contributed by atoms with Crippen LogP contribution >= 0.6 is 23.2 Å². The molecule has 132 valence electrons. The summed E-state index contributed by atoms with van der Waals surface area (Å²) in [6.45, 7) is 1.75. The number of halogens is 2. The van der Waals surface area contributed by atoms with E-state index in [0.29, 0.717) is 22.2 Å². The molecule has 0 heterocycles. The summed E-state index contributed by atoms with van der Waals surface area (Å²) in [4.78, 5) is 11.9. The summed E-state index contributed by atoms with van der Waals surface area (Å²) in [6.07, 6.45) is 0.663. The molecule has 0 unspecified atom stereocenters. The number of nitrogens with one attached hydrogen (secondary N) is 1. The lowest BCUT2D eigenvalue weighted by atomic mass is 10.1. The molecule has 0 bridgehead atoms. The van der Waals surface area contributed by atoms with Crippen molar-refractivity contribution in [3.8, 4) is 11.5 Å². The monoisotopic (exact) mass is 380 g/mol. The first-order valence-corrected chi connectivity index (χ1v) is 8.36. The van der Waals surface area contributed by atoms with Gasteiger partial charge in [-0.15, -0.1) is 0 Å². The number of amides is 1. The van der Waals surface area contributed by atoms with Gasteiger partial charge in [-0.25, -0.2) is 5.43 Å². The first kappa shape index (κ1) is 19.1. The predicted molar refractivity (Wildman–Crippen MR) is 99.9 cm³/mol. The molecule has 0 aliphatic carbocycles. The first-order valence-electron chi connectivity index (χ1n) is 7.61. The van der Waals surface area contributed by atoms with E-state index < -0.39 is 0 Å². The number of hydrogen-bond acceptors (Lipinski definition) is 4. The van der Waals surface area contributed by atoms with Gasteiger partial charge in [0.2, 0.25) is 0 Å². The standard InChI is InChI=1S/C18H18Cl2N2O3/c1-3-16(12-4-7-14(24-2)8-5-12)21-22-18(23)11-25-17-9-6-13(19)10-15(17)20/h4-10H,3,11H2,1-2H3,(H,22,23). The van der Waals surface area contributed by atoms with Gasteiger partial charge in [-0.2, -0.15) is 5.10 Å². The van der Waals surface area contributed by atoms with Crippen LogP contribution in [0.2, 0.25) is 10.0 Å². The van der Waals surface area contributed by atoms with Crippen molar-refractivity contribution in [1.82, 2.24) is 5.43 Å². The fourth-order valence-electron chi connectivity index (χ4n) is 2.03. The molecule has 0 radical (unpaired) electrons. The second-order valence-electron chi connectivity index (χ2n) is 5.04. The molecule has 0 atom stereocenters. The minimum absolute atomic E-state index is 0.204. The van der Waals surface area contributed by atoms with E-state index in [1.54, 1.807) is 25.3 Å². The number of hydrogen-bond donors (Lipinski definition) is 1. The molecule has 0 aliphatic heterocycles. The van der Waals surface area contributed by atoms with E-state index >= 15 is 0 Å². The van der Waals surface area contributed by atoms with Gasteiger partial charge in [0.25, 0.3) is 5.91 Å². The van der Waals surface area contributed by atoms with Crippen LogP contribution in [-0.4, -0.2) is 25.3 Å². The maximum absolute atomic E-state index is 11.9. The van der Waals surface area contributed by atoms with E-state index in [1.807, 2.05) is 31.2 Å². The molecule has 0 aromatic heterocycles. The highest BCUT2D eigenvalue weighted by Gasteiger charge is 2.07. The second kappa shape index (κ2) is 9.30. The second-order valence-corrected chi connectivity index (χ2v) is 5.88. The van der Waals surface area contributed by atoms with Gasteiger partial charge in [-0.05, 0) is 54.4 Å². The zero-order valence-corrected chi connectivity index (χ0v) is 15.4. The maximum atomic E-state index is 11.9. The highest BCUT2D eigenvalue weighted by Crippen LogP contribution is 2.27. The Morgan fingerprint density at radius 1 is 1.16 bits per heavy atom. The lowest BCUT2D eigenvalue weighted by Gasteiger charge is -2.08. The normalized spacial score (nSPS) is 11.1. The smallest absolute Gasteiger partial charge is 0.277 e. The quantitative estimate of drug-likeness (QED) is 0.574. The molecule has 7 heteroatoms. The topological polar surface area (TPSA) is 59.9 Å². The Kier molecular flexibility index (Phi) is 7.10. The number of nitrogens with zero attached hydrogens (tertiary/aromatic N) is 1. The molecule has 0 aliphatic rings. The Balaban J connectivity index is 1.94. The van der Waals surface area contributed by atoms with Crippen LogP contribution in [0.5, 0.6) is 11.5 Å². The van der Waals surface area contributed by atoms with Gasteiger partial charge in [0, 0.05) is 5.02 Å². The molecule has 1 N–H and O–H groups in total. The summed E-state index contributed by atoms with van der Waals surface area (Å²) in [5, 5.41) is 5.00. The molecule has 25 heavy (non-hydrogen) atoms.